The van der Waals surface area contributed by atoms with Gasteiger partial charge in [-0.15, -0.1) is 0 Å². The average Bonchev–Trinajstić information content (AvgIpc) is 3.97. The van der Waals surface area contributed by atoms with Gasteiger partial charge in [0.05, 0.1) is 22.1 Å². The Hall–Kier alpha value is -8.55. The molecule has 2 heterocycles. The number of para-hydroxylation sites is 3. The maximum atomic E-state index is 2.65. The number of benzene rings is 11. The van der Waals surface area contributed by atoms with Crippen LogP contribution in [0, 0.1) is 0 Å². The van der Waals surface area contributed by atoms with Crippen molar-refractivity contribution in [1.82, 2.24) is 9.13 Å². The summed E-state index contributed by atoms with van der Waals surface area (Å²) in [4.78, 5) is 0. The minimum atomic E-state index is -3.11. The number of aromatic nitrogens is 2. The van der Waals surface area contributed by atoms with Gasteiger partial charge in [-0.3, -0.25) is 0 Å². The second-order valence-corrected chi connectivity index (χ2v) is 26.0. The van der Waals surface area contributed by atoms with Crippen LogP contribution < -0.4 is 41.5 Å². The van der Waals surface area contributed by atoms with E-state index >= 15 is 0 Å². The summed E-state index contributed by atoms with van der Waals surface area (Å²) in [5, 5.41) is 15.7. The quantitative estimate of drug-likeness (QED) is 0.0956. The Kier molecular flexibility index (Phi) is 10.2. The third-order valence-corrected chi connectivity index (χ3v) is 24.3. The van der Waals surface area contributed by atoms with Gasteiger partial charge < -0.3 is 9.13 Å². The molecule has 0 radical (unpaired) electrons. The van der Waals surface area contributed by atoms with Gasteiger partial charge in [-0.05, 0) is 84.0 Å². The summed E-state index contributed by atoms with van der Waals surface area (Å²) >= 11 is 0. The molecule has 0 spiro atoms. The number of hydrogen-bond acceptors (Lipinski definition) is 0. The van der Waals surface area contributed by atoms with Gasteiger partial charge >= 0.3 is 0 Å². The molecule has 0 saturated carbocycles. The third-order valence-electron chi connectivity index (χ3n) is 14.8. The number of fused-ring (bicyclic) bond motifs is 7. The van der Waals surface area contributed by atoms with Crippen LogP contribution in [-0.2, 0) is 0 Å². The van der Waals surface area contributed by atoms with Gasteiger partial charge in [0.25, 0.3) is 0 Å². The fourth-order valence-corrected chi connectivity index (χ4v) is 21.7. The fourth-order valence-electron chi connectivity index (χ4n) is 11.9. The second kappa shape index (κ2) is 17.2. The van der Waals surface area contributed by atoms with Gasteiger partial charge in [0, 0.05) is 32.9 Å². The lowest BCUT2D eigenvalue weighted by Crippen LogP contribution is -2.78. The third kappa shape index (κ3) is 6.38. The highest BCUT2D eigenvalue weighted by Gasteiger charge is 2.46. The van der Waals surface area contributed by atoms with E-state index in [0.717, 1.165) is 11.4 Å². The summed E-state index contributed by atoms with van der Waals surface area (Å²) in [6, 6.07) is 110. The van der Waals surface area contributed by atoms with Gasteiger partial charge in [-0.25, -0.2) is 0 Å². The predicted octanol–water partition coefficient (Wildman–Crippen LogP) is 10.6. The second-order valence-electron chi connectivity index (χ2n) is 18.4. The van der Waals surface area contributed by atoms with Crippen molar-refractivity contribution in [2.75, 3.05) is 0 Å². The molecule has 0 fully saturated rings. The van der Waals surface area contributed by atoms with E-state index in [9.17, 15) is 0 Å². The van der Waals surface area contributed by atoms with Gasteiger partial charge in [-0.2, -0.15) is 0 Å². The van der Waals surface area contributed by atoms with Crippen LogP contribution in [0.2, 0.25) is 0 Å². The zero-order valence-corrected chi connectivity index (χ0v) is 40.6. The fraction of sp³-hybridized carbons (Fsp3) is 0. The van der Waals surface area contributed by atoms with Crippen molar-refractivity contribution in [3.05, 3.63) is 291 Å². The minimum Gasteiger partial charge on any atom is -0.309 e. The van der Waals surface area contributed by atoms with Crippen molar-refractivity contribution < 1.29 is 0 Å². The predicted molar refractivity (Wildman–Crippen MR) is 302 cm³/mol. The van der Waals surface area contributed by atoms with Crippen LogP contribution in [0.4, 0.5) is 0 Å². The Morgan fingerprint density at radius 3 is 0.971 bits per heavy atom. The van der Waals surface area contributed by atoms with E-state index in [1.807, 2.05) is 0 Å². The SMILES string of the molecule is c1ccc(-n2c3ccccc3c3ccc4c(c5ccccc5n4-c4cc([Si](c5ccccc5)(c5ccccc5)c5ccccc5)cc([Si](c5ccccc5)(c5ccccc5)c5ccccc5)c4)c32)cc1. The molecule has 2 aromatic heterocycles. The van der Waals surface area contributed by atoms with Crippen LogP contribution in [0.3, 0.4) is 0 Å². The van der Waals surface area contributed by atoms with Gasteiger partial charge in [-0.1, -0.05) is 249 Å². The summed E-state index contributed by atoms with van der Waals surface area (Å²) in [6.07, 6.45) is 0. The maximum absolute atomic E-state index is 3.11. The molecule has 0 bridgehead atoms. The molecule has 0 aliphatic heterocycles. The lowest BCUT2D eigenvalue weighted by molar-refractivity contribution is 1.18. The normalized spacial score (nSPS) is 12.0. The lowest BCUT2D eigenvalue weighted by atomic mass is 10.1. The highest BCUT2D eigenvalue weighted by Crippen LogP contribution is 2.42. The van der Waals surface area contributed by atoms with Crippen molar-refractivity contribution in [2.24, 2.45) is 0 Å². The first-order chi connectivity index (χ1) is 34.8. The van der Waals surface area contributed by atoms with Crippen molar-refractivity contribution in [2.45, 2.75) is 0 Å². The number of hydrogen-bond donors (Lipinski definition) is 0. The van der Waals surface area contributed by atoms with Crippen LogP contribution in [0.5, 0.6) is 0 Å². The van der Waals surface area contributed by atoms with Crippen LogP contribution >= 0.6 is 0 Å². The largest absolute Gasteiger partial charge is 0.309 e. The molecule has 13 rings (SSSR count). The molecule has 0 unspecified atom stereocenters. The van der Waals surface area contributed by atoms with Crippen molar-refractivity contribution >= 4 is 101 Å². The van der Waals surface area contributed by atoms with Crippen molar-refractivity contribution in [3.8, 4) is 11.4 Å². The lowest BCUT2D eigenvalue weighted by Gasteiger charge is -2.38. The van der Waals surface area contributed by atoms with Crippen molar-refractivity contribution in [3.63, 3.8) is 0 Å². The Morgan fingerprint density at radius 1 is 0.214 bits per heavy atom. The Labute approximate surface area is 410 Å². The van der Waals surface area contributed by atoms with E-state index in [0.29, 0.717) is 0 Å². The highest BCUT2D eigenvalue weighted by atomic mass is 28.3. The molecule has 0 atom stereocenters. The maximum Gasteiger partial charge on any atom is 0.179 e. The Balaban J connectivity index is 1.25. The molecule has 0 amide bonds. The van der Waals surface area contributed by atoms with Crippen LogP contribution in [0.1, 0.15) is 0 Å². The summed E-state index contributed by atoms with van der Waals surface area (Å²) in [5.74, 6) is 0. The summed E-state index contributed by atoms with van der Waals surface area (Å²) in [6.45, 7) is 0. The summed E-state index contributed by atoms with van der Waals surface area (Å²) in [7, 11) is -6.21. The number of rotatable bonds is 10. The van der Waals surface area contributed by atoms with Crippen LogP contribution in [-0.4, -0.2) is 25.3 Å². The molecule has 330 valence electrons. The first kappa shape index (κ1) is 41.6. The molecule has 4 heteroatoms. The molecular weight excluding hydrogens is 877 g/mol. The Morgan fingerprint density at radius 2 is 0.557 bits per heavy atom. The zero-order valence-electron chi connectivity index (χ0n) is 38.6. The highest BCUT2D eigenvalue weighted by molar-refractivity contribution is 7.22. The molecule has 0 saturated heterocycles. The van der Waals surface area contributed by atoms with Crippen LogP contribution in [0.25, 0.3) is 55.0 Å². The van der Waals surface area contributed by atoms with Gasteiger partial charge in [0.15, 0.2) is 16.1 Å². The molecular formula is C66H48N2Si2. The molecule has 11 aromatic carbocycles. The molecule has 0 aliphatic rings. The monoisotopic (exact) mass is 924 g/mol. The first-order valence-electron chi connectivity index (χ1n) is 24.3. The summed E-state index contributed by atoms with van der Waals surface area (Å²) < 4.78 is 5.08. The van der Waals surface area contributed by atoms with Gasteiger partial charge in [0.1, 0.15) is 0 Å². The molecule has 13 aromatic rings. The zero-order chi connectivity index (χ0) is 46.5. The summed E-state index contributed by atoms with van der Waals surface area (Å²) in [5.41, 5.74) is 7.08. The van der Waals surface area contributed by atoms with E-state index < -0.39 is 16.1 Å². The standard InChI is InChI=1S/C66H48N2Si2/c1-8-26-49(27-9-1)68-62-42-24-22-40-59(62)60-44-45-64-65(66(60)68)61-41-23-25-43-63(61)67(64)50-46-57(69(51-28-10-2-11-29-51,52-30-12-3-13-31-52)53-32-14-4-15-33-53)48-58(47-50)70(54-34-16-5-17-35-54,55-36-18-6-19-37-55)56-38-20-7-21-39-56/h1-48H. The first-order valence-corrected chi connectivity index (χ1v) is 28.3. The van der Waals surface area contributed by atoms with Crippen LogP contribution in [0.15, 0.2) is 291 Å². The smallest absolute Gasteiger partial charge is 0.179 e. The number of nitrogens with zero attached hydrogens (tertiary/aromatic N) is 2. The Bertz CT molecular complexity index is 3630. The molecule has 0 aliphatic carbocycles. The average molecular weight is 925 g/mol. The molecule has 70 heavy (non-hydrogen) atoms. The minimum absolute atomic E-state index is 1.15. The van der Waals surface area contributed by atoms with E-state index in [1.165, 1.54) is 85.1 Å². The van der Waals surface area contributed by atoms with Crippen molar-refractivity contribution in [1.29, 1.82) is 0 Å². The molecule has 0 N–H and O–H groups in total. The topological polar surface area (TPSA) is 9.86 Å². The van der Waals surface area contributed by atoms with E-state index in [-0.39, 0.29) is 0 Å². The van der Waals surface area contributed by atoms with E-state index in [1.54, 1.807) is 0 Å². The van der Waals surface area contributed by atoms with E-state index in [2.05, 4.69) is 300 Å². The molecule has 2 nitrogen and oxygen atoms in total. The van der Waals surface area contributed by atoms with Gasteiger partial charge in [0.2, 0.25) is 0 Å². The van der Waals surface area contributed by atoms with E-state index in [4.69, 9.17) is 0 Å².